The molecule has 1 aliphatic heterocycles. The van der Waals surface area contributed by atoms with Crippen LogP contribution in [0.1, 0.15) is 115 Å². The molecule has 4 heteroatoms. The SMILES string of the molecule is CCCCCCCCCCCCCCCCCCOc1ccc(C2=CC(=O)NC2=O)cc1. The topological polar surface area (TPSA) is 55.4 Å². The summed E-state index contributed by atoms with van der Waals surface area (Å²) in [4.78, 5) is 22.9. The van der Waals surface area contributed by atoms with Crippen molar-refractivity contribution >= 4 is 17.4 Å². The number of rotatable bonds is 19. The van der Waals surface area contributed by atoms with E-state index in [-0.39, 0.29) is 11.8 Å². The molecule has 1 heterocycles. The molecule has 1 aromatic carbocycles. The quantitative estimate of drug-likeness (QED) is 0.180. The summed E-state index contributed by atoms with van der Waals surface area (Å²) in [6.07, 6.45) is 23.2. The summed E-state index contributed by atoms with van der Waals surface area (Å²) in [7, 11) is 0. The first-order valence-electron chi connectivity index (χ1n) is 13.0. The van der Waals surface area contributed by atoms with Crippen molar-refractivity contribution in [2.24, 2.45) is 0 Å². The van der Waals surface area contributed by atoms with Crippen LogP contribution >= 0.6 is 0 Å². The van der Waals surface area contributed by atoms with Crippen LogP contribution in [0.25, 0.3) is 5.57 Å². The van der Waals surface area contributed by atoms with Crippen molar-refractivity contribution in [3.8, 4) is 5.75 Å². The summed E-state index contributed by atoms with van der Waals surface area (Å²) in [6.45, 7) is 3.00. The van der Waals surface area contributed by atoms with E-state index >= 15 is 0 Å². The van der Waals surface area contributed by atoms with Gasteiger partial charge in [0.25, 0.3) is 11.8 Å². The van der Waals surface area contributed by atoms with Crippen LogP contribution in [0.5, 0.6) is 5.75 Å². The second kappa shape index (κ2) is 16.5. The molecule has 2 amide bonds. The summed E-state index contributed by atoms with van der Waals surface area (Å²) >= 11 is 0. The predicted octanol–water partition coefficient (Wildman–Crippen LogP) is 7.37. The van der Waals surface area contributed by atoms with Crippen molar-refractivity contribution in [1.82, 2.24) is 5.32 Å². The molecule has 32 heavy (non-hydrogen) atoms. The zero-order valence-corrected chi connectivity index (χ0v) is 20.1. The van der Waals surface area contributed by atoms with Crippen LogP contribution in [0.15, 0.2) is 30.3 Å². The van der Waals surface area contributed by atoms with Gasteiger partial charge in [0.1, 0.15) is 5.75 Å². The van der Waals surface area contributed by atoms with Crippen molar-refractivity contribution in [2.45, 2.75) is 110 Å². The number of ether oxygens (including phenoxy) is 1. The molecule has 0 radical (unpaired) electrons. The Kier molecular flexibility index (Phi) is 13.5. The standard InChI is InChI=1S/C28H43NO3/c1-2-3-4-5-6-7-8-9-10-11-12-13-14-15-16-17-22-32-25-20-18-24(19-21-25)26-23-27(30)29-28(26)31/h18-21,23H,2-17,22H2,1H3,(H,29,30,31). The van der Waals surface area contributed by atoms with Gasteiger partial charge in [0.2, 0.25) is 0 Å². The first-order valence-corrected chi connectivity index (χ1v) is 13.0. The van der Waals surface area contributed by atoms with Crippen LogP contribution in [0.4, 0.5) is 0 Å². The van der Waals surface area contributed by atoms with Crippen molar-refractivity contribution in [2.75, 3.05) is 6.61 Å². The number of amides is 2. The Morgan fingerprint density at radius 3 is 1.56 bits per heavy atom. The molecule has 0 aromatic heterocycles. The number of carbonyl (C=O) groups excluding carboxylic acids is 2. The highest BCUT2D eigenvalue weighted by atomic mass is 16.5. The minimum atomic E-state index is -0.353. The molecule has 0 saturated heterocycles. The van der Waals surface area contributed by atoms with Crippen LogP contribution in [-0.2, 0) is 9.59 Å². The lowest BCUT2D eigenvalue weighted by atomic mass is 10.0. The highest BCUT2D eigenvalue weighted by Crippen LogP contribution is 2.21. The summed E-state index contributed by atoms with van der Waals surface area (Å²) < 4.78 is 5.80. The molecule has 2 rings (SSSR count). The van der Waals surface area contributed by atoms with E-state index in [0.717, 1.165) is 24.3 Å². The predicted molar refractivity (Wildman–Crippen MR) is 133 cm³/mol. The Balaban J connectivity index is 1.37. The summed E-state index contributed by atoms with van der Waals surface area (Å²) in [5, 5.41) is 2.27. The van der Waals surface area contributed by atoms with Crippen molar-refractivity contribution < 1.29 is 14.3 Å². The van der Waals surface area contributed by atoms with Gasteiger partial charge >= 0.3 is 0 Å². The number of imide groups is 1. The molecule has 1 aromatic rings. The highest BCUT2D eigenvalue weighted by Gasteiger charge is 2.21. The molecular weight excluding hydrogens is 398 g/mol. The molecule has 1 aliphatic rings. The van der Waals surface area contributed by atoms with E-state index in [9.17, 15) is 9.59 Å². The normalized spacial score (nSPS) is 13.3. The van der Waals surface area contributed by atoms with E-state index < -0.39 is 0 Å². The van der Waals surface area contributed by atoms with Crippen molar-refractivity contribution in [3.05, 3.63) is 35.9 Å². The maximum atomic E-state index is 11.7. The van der Waals surface area contributed by atoms with Crippen LogP contribution in [0.2, 0.25) is 0 Å². The number of hydrogen-bond acceptors (Lipinski definition) is 3. The van der Waals surface area contributed by atoms with Crippen molar-refractivity contribution in [3.63, 3.8) is 0 Å². The Labute approximate surface area is 195 Å². The molecular formula is C28H43NO3. The second-order valence-electron chi connectivity index (χ2n) is 9.05. The Bertz CT molecular complexity index is 693. The fourth-order valence-corrected chi connectivity index (χ4v) is 4.20. The lowest BCUT2D eigenvalue weighted by Crippen LogP contribution is -2.21. The van der Waals surface area contributed by atoms with Gasteiger partial charge in [0.15, 0.2) is 0 Å². The van der Waals surface area contributed by atoms with E-state index in [2.05, 4.69) is 12.2 Å². The molecule has 0 saturated carbocycles. The molecule has 0 atom stereocenters. The average molecular weight is 442 g/mol. The van der Waals surface area contributed by atoms with Gasteiger partial charge in [0, 0.05) is 6.08 Å². The molecule has 178 valence electrons. The van der Waals surface area contributed by atoms with Gasteiger partial charge in [-0.25, -0.2) is 0 Å². The maximum Gasteiger partial charge on any atom is 0.258 e. The zero-order valence-electron chi connectivity index (χ0n) is 20.1. The summed E-state index contributed by atoms with van der Waals surface area (Å²) in [5.74, 6) is 0.116. The number of hydrogen-bond donors (Lipinski definition) is 1. The molecule has 0 bridgehead atoms. The van der Waals surface area contributed by atoms with Crippen LogP contribution in [-0.4, -0.2) is 18.4 Å². The monoisotopic (exact) mass is 441 g/mol. The van der Waals surface area contributed by atoms with Crippen molar-refractivity contribution in [1.29, 1.82) is 0 Å². The van der Waals surface area contributed by atoms with Gasteiger partial charge < -0.3 is 4.74 Å². The second-order valence-corrected chi connectivity index (χ2v) is 9.05. The molecule has 0 spiro atoms. The van der Waals surface area contributed by atoms with Gasteiger partial charge in [-0.3, -0.25) is 14.9 Å². The van der Waals surface area contributed by atoms with E-state index in [1.165, 1.54) is 102 Å². The third-order valence-electron chi connectivity index (χ3n) is 6.19. The van der Waals surface area contributed by atoms with Crippen LogP contribution < -0.4 is 10.1 Å². The maximum absolute atomic E-state index is 11.7. The van der Waals surface area contributed by atoms with Crippen LogP contribution in [0, 0.1) is 0 Å². The highest BCUT2D eigenvalue weighted by molar-refractivity contribution is 6.33. The summed E-state index contributed by atoms with van der Waals surface area (Å²) in [5.41, 5.74) is 1.16. The number of benzene rings is 1. The molecule has 0 unspecified atom stereocenters. The molecule has 0 aliphatic carbocycles. The Morgan fingerprint density at radius 1 is 0.656 bits per heavy atom. The van der Waals surface area contributed by atoms with Gasteiger partial charge in [-0.05, 0) is 24.1 Å². The minimum absolute atomic E-state index is 0.336. The van der Waals surface area contributed by atoms with E-state index in [1.807, 2.05) is 24.3 Å². The van der Waals surface area contributed by atoms with Gasteiger partial charge in [-0.2, -0.15) is 0 Å². The fraction of sp³-hybridized carbons (Fsp3) is 0.643. The number of unbranched alkanes of at least 4 members (excludes halogenated alkanes) is 15. The third kappa shape index (κ3) is 11.0. The third-order valence-corrected chi connectivity index (χ3v) is 6.19. The van der Waals surface area contributed by atoms with Crippen LogP contribution in [0.3, 0.4) is 0 Å². The first kappa shape index (κ1) is 26.2. The van der Waals surface area contributed by atoms with E-state index in [4.69, 9.17) is 4.74 Å². The molecule has 0 fully saturated rings. The average Bonchev–Trinajstić information content (AvgIpc) is 3.14. The van der Waals surface area contributed by atoms with E-state index in [1.54, 1.807) is 0 Å². The fourth-order valence-electron chi connectivity index (χ4n) is 4.20. The Morgan fingerprint density at radius 2 is 1.12 bits per heavy atom. The Hall–Kier alpha value is -2.10. The largest absolute Gasteiger partial charge is 0.494 e. The lowest BCUT2D eigenvalue weighted by Gasteiger charge is -2.07. The summed E-state index contributed by atoms with van der Waals surface area (Å²) in [6, 6.07) is 7.37. The lowest BCUT2D eigenvalue weighted by molar-refractivity contribution is -0.123. The van der Waals surface area contributed by atoms with Gasteiger partial charge in [-0.1, -0.05) is 115 Å². The zero-order chi connectivity index (χ0) is 22.9. The molecule has 4 nitrogen and oxygen atoms in total. The van der Waals surface area contributed by atoms with Gasteiger partial charge in [0.05, 0.1) is 12.2 Å². The number of nitrogens with one attached hydrogen (secondary N) is 1. The first-order chi connectivity index (χ1) is 15.7. The number of carbonyl (C=O) groups is 2. The smallest absolute Gasteiger partial charge is 0.258 e. The molecule has 1 N–H and O–H groups in total. The minimum Gasteiger partial charge on any atom is -0.494 e. The van der Waals surface area contributed by atoms with E-state index in [0.29, 0.717) is 5.57 Å². The van der Waals surface area contributed by atoms with Gasteiger partial charge in [-0.15, -0.1) is 0 Å².